The molecule has 0 bridgehead atoms. The van der Waals surface area contributed by atoms with Crippen molar-refractivity contribution in [3.8, 4) is 0 Å². The largest absolute Gasteiger partial charge is 0.460 e. The minimum atomic E-state index is -6.94. The Morgan fingerprint density at radius 3 is 1.80 bits per heavy atom. The molecule has 25 heavy (non-hydrogen) atoms. The highest BCUT2D eigenvalue weighted by molar-refractivity contribution is 7.95. The fourth-order valence-electron chi connectivity index (χ4n) is 2.21. The first-order chi connectivity index (χ1) is 10.7. The second-order valence-corrected chi connectivity index (χ2v) is 7.43. The molecule has 0 aliphatic carbocycles. The van der Waals surface area contributed by atoms with E-state index in [1.165, 1.54) is 27.7 Å². The molecule has 0 unspecified atom stereocenters. The lowest BCUT2D eigenvalue weighted by Gasteiger charge is -2.39. The molecule has 1 rings (SSSR count). The summed E-state index contributed by atoms with van der Waals surface area (Å²) in [6.07, 6.45) is -5.90. The third-order valence-corrected chi connectivity index (χ3v) is 3.78. The molecule has 1 aliphatic heterocycles. The van der Waals surface area contributed by atoms with Crippen LogP contribution in [0.1, 0.15) is 34.1 Å². The maximum atomic E-state index is 13.4. The van der Waals surface area contributed by atoms with E-state index in [1.54, 1.807) is 0 Å². The molecule has 0 saturated heterocycles. The zero-order valence-corrected chi connectivity index (χ0v) is 14.2. The van der Waals surface area contributed by atoms with Gasteiger partial charge in [-0.2, -0.15) is 39.5 Å². The minimum absolute atomic E-state index is 0.180. The Kier molecular flexibility index (Phi) is 5.47. The van der Waals surface area contributed by atoms with Crippen molar-refractivity contribution >= 4 is 12.0 Å². The number of rotatable bonds is 5. The van der Waals surface area contributed by atoms with Crippen molar-refractivity contribution in [1.82, 2.24) is 0 Å². The maximum Gasteiger partial charge on any atom is 0.460 e. The first-order valence-electron chi connectivity index (χ1n) is 6.72. The Balaban J connectivity index is 3.00. The molecule has 0 amide bonds. The fourth-order valence-corrected chi connectivity index (χ4v) is 2.76. The van der Waals surface area contributed by atoms with Crippen molar-refractivity contribution in [2.45, 2.75) is 68.6 Å². The number of ether oxygens (including phenoxy) is 1. The Hall–Kier alpha value is -0.780. The highest BCUT2D eigenvalue weighted by Gasteiger charge is 2.82. The van der Waals surface area contributed by atoms with Gasteiger partial charge in [0.1, 0.15) is 17.8 Å². The highest BCUT2D eigenvalue weighted by atomic mass is 32.2. The molecule has 0 atom stereocenters. The Morgan fingerprint density at radius 2 is 1.40 bits per heavy atom. The van der Waals surface area contributed by atoms with Crippen LogP contribution < -0.4 is 0 Å². The average molecular weight is 406 g/mol. The van der Waals surface area contributed by atoms with Gasteiger partial charge >= 0.3 is 23.3 Å². The van der Waals surface area contributed by atoms with Gasteiger partial charge in [0.05, 0.1) is 11.2 Å². The van der Waals surface area contributed by atoms with Gasteiger partial charge in [0, 0.05) is 6.42 Å². The molecule has 0 aromatic carbocycles. The fraction of sp³-hybridized carbons (Fsp3) is 0.846. The summed E-state index contributed by atoms with van der Waals surface area (Å²) in [5, 5.41) is -5.85. The SMILES string of the molecule is CC1(C)C=C(OSC(F)(F)C(F)(F)C(F)(F)C(F)(F)F)CC(C)(C)O1. The van der Waals surface area contributed by atoms with Crippen LogP contribution in [0.15, 0.2) is 11.8 Å². The van der Waals surface area contributed by atoms with Crippen molar-refractivity contribution in [1.29, 1.82) is 0 Å². The summed E-state index contributed by atoms with van der Waals surface area (Å²) < 4.78 is 125. The van der Waals surface area contributed by atoms with Crippen molar-refractivity contribution in [2.24, 2.45) is 0 Å². The topological polar surface area (TPSA) is 18.5 Å². The average Bonchev–Trinajstić information content (AvgIpc) is 2.30. The summed E-state index contributed by atoms with van der Waals surface area (Å²) >= 11 is -1.45. The summed E-state index contributed by atoms with van der Waals surface area (Å²) in [5.74, 6) is -14.0. The van der Waals surface area contributed by atoms with E-state index in [0.29, 0.717) is 0 Å². The summed E-state index contributed by atoms with van der Waals surface area (Å²) in [6.45, 7) is 6.04. The lowest BCUT2D eigenvalue weighted by Crippen LogP contribution is -2.59. The van der Waals surface area contributed by atoms with Crippen LogP contribution >= 0.6 is 12.0 Å². The molecule has 0 N–H and O–H groups in total. The third kappa shape index (κ3) is 4.50. The van der Waals surface area contributed by atoms with Crippen LogP contribution in [0.2, 0.25) is 0 Å². The van der Waals surface area contributed by atoms with Gasteiger partial charge in [-0.1, -0.05) is 0 Å². The quantitative estimate of drug-likeness (QED) is 0.416. The number of hydrogen-bond donors (Lipinski definition) is 0. The van der Waals surface area contributed by atoms with Crippen LogP contribution in [-0.4, -0.2) is 34.5 Å². The molecule has 1 heterocycles. The number of halogens is 9. The summed E-state index contributed by atoms with van der Waals surface area (Å²) in [6, 6.07) is 0. The van der Waals surface area contributed by atoms with Gasteiger partial charge in [-0.15, -0.1) is 0 Å². The first kappa shape index (κ1) is 22.3. The van der Waals surface area contributed by atoms with E-state index in [0.717, 1.165) is 6.08 Å². The second-order valence-electron chi connectivity index (χ2n) is 6.58. The minimum Gasteiger partial charge on any atom is -0.424 e. The van der Waals surface area contributed by atoms with Crippen LogP contribution in [0.5, 0.6) is 0 Å². The zero-order valence-electron chi connectivity index (χ0n) is 13.4. The molecular formula is C13H15F9O2S. The van der Waals surface area contributed by atoms with Crippen molar-refractivity contribution < 1.29 is 48.4 Å². The monoisotopic (exact) mass is 406 g/mol. The van der Waals surface area contributed by atoms with Gasteiger partial charge in [-0.25, -0.2) is 0 Å². The highest BCUT2D eigenvalue weighted by Crippen LogP contribution is 2.57. The normalized spacial score (nSPS) is 21.7. The molecular weight excluding hydrogens is 391 g/mol. The predicted molar refractivity (Wildman–Crippen MR) is 71.5 cm³/mol. The third-order valence-electron chi connectivity index (χ3n) is 3.02. The molecule has 0 aromatic rings. The van der Waals surface area contributed by atoms with Crippen molar-refractivity contribution in [3.05, 3.63) is 11.8 Å². The van der Waals surface area contributed by atoms with Gasteiger partial charge in [0.2, 0.25) is 0 Å². The summed E-state index contributed by atoms with van der Waals surface area (Å²) in [5.41, 5.74) is -2.01. The first-order valence-corrected chi connectivity index (χ1v) is 7.46. The van der Waals surface area contributed by atoms with Crippen LogP contribution in [0.3, 0.4) is 0 Å². The van der Waals surface area contributed by atoms with E-state index in [2.05, 4.69) is 4.18 Å². The Bertz CT molecular complexity index is 538. The van der Waals surface area contributed by atoms with Gasteiger partial charge < -0.3 is 8.92 Å². The standard InChI is InChI=1S/C13H15F9O2S/c1-8(2)5-7(6-9(3,4)24-8)23-25-13(21,22)11(16,17)10(14,15)12(18,19)20/h5H,6H2,1-4H3. The molecule has 0 aromatic heterocycles. The van der Waals surface area contributed by atoms with Crippen LogP contribution in [-0.2, 0) is 8.92 Å². The van der Waals surface area contributed by atoms with Crippen LogP contribution in [0, 0.1) is 0 Å². The molecule has 0 radical (unpaired) electrons. The van der Waals surface area contributed by atoms with E-state index in [9.17, 15) is 39.5 Å². The van der Waals surface area contributed by atoms with Crippen molar-refractivity contribution in [3.63, 3.8) is 0 Å². The summed E-state index contributed by atoms with van der Waals surface area (Å²) in [4.78, 5) is 0. The van der Waals surface area contributed by atoms with Gasteiger partial charge in [-0.3, -0.25) is 0 Å². The van der Waals surface area contributed by atoms with E-state index in [-0.39, 0.29) is 12.2 Å². The summed E-state index contributed by atoms with van der Waals surface area (Å²) in [7, 11) is 0. The molecule has 2 nitrogen and oxygen atoms in total. The lowest BCUT2D eigenvalue weighted by molar-refractivity contribution is -0.381. The molecule has 0 saturated carbocycles. The molecule has 0 spiro atoms. The predicted octanol–water partition coefficient (Wildman–Crippen LogP) is 5.94. The zero-order chi connectivity index (χ0) is 20.1. The van der Waals surface area contributed by atoms with E-state index >= 15 is 0 Å². The smallest absolute Gasteiger partial charge is 0.424 e. The van der Waals surface area contributed by atoms with Crippen LogP contribution in [0.4, 0.5) is 39.5 Å². The molecule has 12 heteroatoms. The van der Waals surface area contributed by atoms with Crippen LogP contribution in [0.25, 0.3) is 0 Å². The van der Waals surface area contributed by atoms with Crippen molar-refractivity contribution in [2.75, 3.05) is 0 Å². The molecule has 148 valence electrons. The lowest BCUT2D eigenvalue weighted by atomic mass is 9.94. The second kappa shape index (κ2) is 6.14. The Labute approximate surface area is 141 Å². The molecule has 1 aliphatic rings. The van der Waals surface area contributed by atoms with E-state index in [1.807, 2.05) is 0 Å². The van der Waals surface area contributed by atoms with E-state index < -0.39 is 46.5 Å². The number of hydrogen-bond acceptors (Lipinski definition) is 3. The van der Waals surface area contributed by atoms with Gasteiger partial charge in [-0.05, 0) is 33.8 Å². The van der Waals surface area contributed by atoms with Gasteiger partial charge in [0.15, 0.2) is 0 Å². The van der Waals surface area contributed by atoms with E-state index in [4.69, 9.17) is 4.74 Å². The molecule has 0 fully saturated rings. The number of alkyl halides is 9. The Morgan fingerprint density at radius 1 is 0.920 bits per heavy atom. The van der Waals surface area contributed by atoms with Gasteiger partial charge in [0.25, 0.3) is 0 Å². The maximum absolute atomic E-state index is 13.4.